The third-order valence-corrected chi connectivity index (χ3v) is 5.16. The van der Waals surface area contributed by atoms with Gasteiger partial charge in [0.15, 0.2) is 11.8 Å². The van der Waals surface area contributed by atoms with Crippen molar-refractivity contribution in [1.29, 1.82) is 0 Å². The minimum Gasteiger partial charge on any atom is -0.462 e. The fourth-order valence-electron chi connectivity index (χ4n) is 2.67. The second kappa shape index (κ2) is 9.61. The molecule has 0 aromatic carbocycles. The molecule has 0 radical (unpaired) electrons. The minimum atomic E-state index is -2.57. The van der Waals surface area contributed by atoms with Crippen molar-refractivity contribution in [3.8, 4) is 12.3 Å². The number of rotatable bonds is 8. The molecule has 1 aromatic heterocycles. The summed E-state index contributed by atoms with van der Waals surface area (Å²) in [6, 6.07) is 0.0802. The third-order valence-electron chi connectivity index (χ3n) is 4.18. The topological polar surface area (TPSA) is 169 Å². The van der Waals surface area contributed by atoms with E-state index < -0.39 is 62.1 Å². The third kappa shape index (κ3) is 5.20. The van der Waals surface area contributed by atoms with Crippen LogP contribution >= 0.6 is 8.18 Å². The first kappa shape index (κ1) is 23.9. The van der Waals surface area contributed by atoms with Crippen molar-refractivity contribution in [3.05, 3.63) is 33.1 Å². The number of aromatic nitrogens is 2. The van der Waals surface area contributed by atoms with Crippen LogP contribution in [0.5, 0.6) is 0 Å². The van der Waals surface area contributed by atoms with E-state index in [4.69, 9.17) is 20.4 Å². The van der Waals surface area contributed by atoms with Gasteiger partial charge in [-0.15, -0.1) is 10.9 Å². The molecule has 0 spiro atoms. The normalized spacial score (nSPS) is 27.5. The Morgan fingerprint density at radius 1 is 1.50 bits per heavy atom. The number of aliphatic hydroxyl groups is 2. The highest BCUT2D eigenvalue weighted by Crippen LogP contribution is 2.38. The molecule has 30 heavy (non-hydrogen) atoms. The Hall–Kier alpha value is -2.39. The summed E-state index contributed by atoms with van der Waals surface area (Å²) in [7, 11) is -2.57. The van der Waals surface area contributed by atoms with Crippen molar-refractivity contribution in [2.45, 2.75) is 57.0 Å². The number of carbonyl (C=O) groups is 1. The molecular weight excluding hydrogens is 421 g/mol. The molecule has 12 nitrogen and oxygen atoms in total. The van der Waals surface area contributed by atoms with E-state index in [1.807, 2.05) is 10.9 Å². The quantitative estimate of drug-likeness (QED) is 0.216. The summed E-state index contributed by atoms with van der Waals surface area (Å²) in [5.41, 5.74) is -3.92. The molecule has 1 aliphatic heterocycles. The molecule has 2 rings (SSSR count). The number of aliphatic hydroxyl groups excluding tert-OH is 1. The summed E-state index contributed by atoms with van der Waals surface area (Å²) >= 11 is 0. The number of hydrogen-bond donors (Lipinski definition) is 4. The lowest BCUT2D eigenvalue weighted by Crippen LogP contribution is -2.48. The number of carbonyl (C=O) groups excluding carboxylic acids is 1. The van der Waals surface area contributed by atoms with Gasteiger partial charge in [0.1, 0.15) is 24.9 Å². The van der Waals surface area contributed by atoms with Crippen molar-refractivity contribution in [1.82, 2.24) is 14.6 Å². The van der Waals surface area contributed by atoms with Crippen LogP contribution in [0.15, 0.2) is 21.9 Å². The first-order chi connectivity index (χ1) is 14.0. The molecule has 0 aliphatic carbocycles. The van der Waals surface area contributed by atoms with Gasteiger partial charge in [-0.25, -0.2) is 4.79 Å². The Bertz CT molecular complexity index is 953. The Balaban J connectivity index is 2.06. The van der Waals surface area contributed by atoms with Crippen LogP contribution in [0.3, 0.4) is 0 Å². The van der Waals surface area contributed by atoms with Gasteiger partial charge in [0, 0.05) is 12.3 Å². The summed E-state index contributed by atoms with van der Waals surface area (Å²) in [5, 5.41) is 23.4. The number of nitrogens with zero attached hydrogens (tertiary/aromatic N) is 1. The number of aromatic amines is 1. The standard InChI is InChI=1S/C17H22N3O9P/c1-5-17(25)13(22)11(29-15(17)20-7-6-12(21)18-16(20)24)8-27-30(26)19-10(4)14(23)28-9(2)3/h1,6-7,9-11,13,15,22,25H,8H2,2-4H3,(H-,18,19,21,24,26)/p+1/t10-,11+,13+,15+,17+/m0/s1. The van der Waals surface area contributed by atoms with Crippen LogP contribution in [0, 0.1) is 12.3 Å². The fourth-order valence-corrected chi connectivity index (χ4v) is 3.45. The van der Waals surface area contributed by atoms with Crippen molar-refractivity contribution >= 4 is 14.1 Å². The Kier molecular flexibility index (Phi) is 7.65. The van der Waals surface area contributed by atoms with E-state index >= 15 is 0 Å². The zero-order valence-electron chi connectivity index (χ0n) is 16.5. The first-order valence-electron chi connectivity index (χ1n) is 8.91. The van der Waals surface area contributed by atoms with Crippen LogP contribution in [0.4, 0.5) is 0 Å². The van der Waals surface area contributed by atoms with Crippen molar-refractivity contribution in [2.24, 2.45) is 0 Å². The van der Waals surface area contributed by atoms with Gasteiger partial charge in [-0.05, 0) is 25.3 Å². The number of ether oxygens (including phenoxy) is 2. The monoisotopic (exact) mass is 444 g/mol. The predicted octanol–water partition coefficient (Wildman–Crippen LogP) is -1.24. The number of terminal acetylenes is 1. The van der Waals surface area contributed by atoms with E-state index in [9.17, 15) is 29.2 Å². The summed E-state index contributed by atoms with van der Waals surface area (Å²) in [6.45, 7) is 4.26. The van der Waals surface area contributed by atoms with Gasteiger partial charge in [0.05, 0.1) is 6.10 Å². The largest absolute Gasteiger partial charge is 0.613 e. The number of H-pyrrole nitrogens is 1. The molecule has 1 saturated heterocycles. The van der Waals surface area contributed by atoms with E-state index in [-0.39, 0.29) is 6.10 Å². The van der Waals surface area contributed by atoms with Gasteiger partial charge in [-0.3, -0.25) is 19.1 Å². The molecule has 4 N–H and O–H groups in total. The average molecular weight is 444 g/mol. The second-order valence-electron chi connectivity index (χ2n) is 6.85. The molecule has 0 amide bonds. The van der Waals surface area contributed by atoms with Crippen LogP contribution in [-0.4, -0.2) is 62.3 Å². The molecule has 13 heteroatoms. The molecule has 0 bridgehead atoms. The van der Waals surface area contributed by atoms with Crippen molar-refractivity contribution in [3.63, 3.8) is 0 Å². The highest BCUT2D eigenvalue weighted by atomic mass is 31.1. The lowest BCUT2D eigenvalue weighted by molar-refractivity contribution is -0.149. The number of hydrogen-bond acceptors (Lipinski definition) is 9. The van der Waals surface area contributed by atoms with Crippen LogP contribution in [0.2, 0.25) is 0 Å². The molecule has 164 valence electrons. The van der Waals surface area contributed by atoms with E-state index in [0.717, 1.165) is 16.8 Å². The molecule has 1 unspecified atom stereocenters. The molecule has 1 fully saturated rings. The van der Waals surface area contributed by atoms with E-state index in [1.165, 1.54) is 6.92 Å². The van der Waals surface area contributed by atoms with Crippen LogP contribution in [0.1, 0.15) is 27.0 Å². The zero-order chi connectivity index (χ0) is 22.6. The predicted molar refractivity (Wildman–Crippen MR) is 102 cm³/mol. The molecule has 0 saturated carbocycles. The van der Waals surface area contributed by atoms with E-state index in [0.29, 0.717) is 0 Å². The Morgan fingerprint density at radius 2 is 2.17 bits per heavy atom. The molecule has 2 heterocycles. The number of esters is 1. The molecule has 6 atom stereocenters. The summed E-state index contributed by atoms with van der Waals surface area (Å²) < 4.78 is 28.4. The highest BCUT2D eigenvalue weighted by molar-refractivity contribution is 7.36. The summed E-state index contributed by atoms with van der Waals surface area (Å²) in [6.07, 6.45) is 1.51. The highest BCUT2D eigenvalue weighted by Gasteiger charge is 2.56. The lowest BCUT2D eigenvalue weighted by atomic mass is 9.95. The van der Waals surface area contributed by atoms with Crippen LogP contribution < -0.4 is 16.3 Å². The van der Waals surface area contributed by atoms with Gasteiger partial charge < -0.3 is 19.7 Å². The van der Waals surface area contributed by atoms with Gasteiger partial charge in [0.2, 0.25) is 0 Å². The Morgan fingerprint density at radius 3 is 2.73 bits per heavy atom. The van der Waals surface area contributed by atoms with Gasteiger partial charge >= 0.3 is 19.8 Å². The Labute approximate surface area is 172 Å². The van der Waals surface area contributed by atoms with Crippen molar-refractivity contribution in [2.75, 3.05) is 6.61 Å². The minimum absolute atomic E-state index is 0.350. The van der Waals surface area contributed by atoms with E-state index in [1.54, 1.807) is 13.8 Å². The van der Waals surface area contributed by atoms with Crippen LogP contribution in [-0.2, 0) is 23.4 Å². The lowest BCUT2D eigenvalue weighted by Gasteiger charge is -2.26. The SMILES string of the molecule is C#C[C@@]1(O)[C@H](O)[C@@H](CO[P+](=O)N[C@@H](C)C(=O)OC(C)C)O[C@H]1n1ccc(=O)[nH]c1=O. The number of nitrogens with one attached hydrogen (secondary N) is 2. The molecule has 1 aliphatic rings. The smallest absolute Gasteiger partial charge is 0.462 e. The van der Waals surface area contributed by atoms with Crippen LogP contribution in [0.25, 0.3) is 0 Å². The maximum atomic E-state index is 12.1. The van der Waals surface area contributed by atoms with Crippen molar-refractivity contribution < 1.29 is 33.6 Å². The molecule has 1 aromatic rings. The summed E-state index contributed by atoms with van der Waals surface area (Å²) in [5.74, 6) is 1.36. The van der Waals surface area contributed by atoms with E-state index in [2.05, 4.69) is 5.09 Å². The van der Waals surface area contributed by atoms with Gasteiger partial charge in [-0.2, -0.15) is 0 Å². The summed E-state index contributed by atoms with van der Waals surface area (Å²) in [4.78, 5) is 37.0. The fraction of sp³-hybridized carbons (Fsp3) is 0.588. The zero-order valence-corrected chi connectivity index (χ0v) is 17.4. The molecular formula is C17H23N3O9P+. The van der Waals surface area contributed by atoms with Gasteiger partial charge in [0.25, 0.3) is 5.56 Å². The van der Waals surface area contributed by atoms with Gasteiger partial charge in [-0.1, -0.05) is 11.0 Å². The maximum Gasteiger partial charge on any atom is 0.613 e. The average Bonchev–Trinajstić information content (AvgIpc) is 2.91. The first-order valence-corrected chi connectivity index (χ1v) is 10.1. The maximum absolute atomic E-state index is 12.1. The second-order valence-corrected chi connectivity index (χ2v) is 7.88.